The van der Waals surface area contributed by atoms with Crippen molar-refractivity contribution >= 4 is 29.9 Å². The molecule has 6 nitrogen and oxygen atoms in total. The molecule has 0 aromatic heterocycles. The summed E-state index contributed by atoms with van der Waals surface area (Å²) in [6.45, 7) is 2.69. The van der Waals surface area contributed by atoms with E-state index in [1.165, 1.54) is 5.56 Å². The number of nitrogens with one attached hydrogen (secondary N) is 1. The average Bonchev–Trinajstić information content (AvgIpc) is 2.82. The molecule has 2 heterocycles. The van der Waals surface area contributed by atoms with Crippen molar-refractivity contribution in [2.75, 3.05) is 31.5 Å². The SMILES string of the molecule is Cl.N#CC(CCCc1ccccc1)N1CCN(C(=O)c2ccc3c(c2)CCC(=O)N3)CC1. The average molecular weight is 453 g/mol. The summed E-state index contributed by atoms with van der Waals surface area (Å²) in [7, 11) is 0. The Balaban J connectivity index is 0.00000289. The van der Waals surface area contributed by atoms with Gasteiger partial charge in [-0.3, -0.25) is 14.5 Å². The minimum atomic E-state index is -0.103. The Hall–Kier alpha value is -2.88. The third-order valence-electron chi connectivity index (χ3n) is 6.22. The van der Waals surface area contributed by atoms with Crippen LogP contribution in [0.5, 0.6) is 0 Å². The molecule has 1 saturated heterocycles. The fourth-order valence-electron chi connectivity index (χ4n) is 4.41. The number of nitriles is 1. The first-order chi connectivity index (χ1) is 15.1. The van der Waals surface area contributed by atoms with Crippen LogP contribution in [-0.4, -0.2) is 53.8 Å². The maximum absolute atomic E-state index is 13.0. The first kappa shape index (κ1) is 23.8. The second-order valence-corrected chi connectivity index (χ2v) is 8.27. The van der Waals surface area contributed by atoms with Gasteiger partial charge in [-0.05, 0) is 55.0 Å². The molecule has 0 saturated carbocycles. The first-order valence-corrected chi connectivity index (χ1v) is 11.0. The topological polar surface area (TPSA) is 76.4 Å². The van der Waals surface area contributed by atoms with Gasteiger partial charge < -0.3 is 10.2 Å². The van der Waals surface area contributed by atoms with E-state index < -0.39 is 0 Å². The summed E-state index contributed by atoms with van der Waals surface area (Å²) in [5.41, 5.74) is 3.80. The van der Waals surface area contributed by atoms with E-state index in [9.17, 15) is 14.9 Å². The van der Waals surface area contributed by atoms with Gasteiger partial charge in [-0.1, -0.05) is 30.3 Å². The summed E-state index contributed by atoms with van der Waals surface area (Å²) >= 11 is 0. The maximum atomic E-state index is 13.0. The van der Waals surface area contributed by atoms with Crippen molar-refractivity contribution in [1.82, 2.24) is 9.80 Å². The number of hydrogen-bond donors (Lipinski definition) is 1. The number of anilines is 1. The van der Waals surface area contributed by atoms with Crippen LogP contribution in [0.1, 0.15) is 40.7 Å². The molecule has 1 unspecified atom stereocenters. The molecular formula is C25H29ClN4O2. The molecular weight excluding hydrogens is 424 g/mol. The highest BCUT2D eigenvalue weighted by Crippen LogP contribution is 2.24. The Labute approximate surface area is 195 Å². The van der Waals surface area contributed by atoms with Gasteiger partial charge in [0.25, 0.3) is 5.91 Å². The van der Waals surface area contributed by atoms with E-state index in [2.05, 4.69) is 28.4 Å². The van der Waals surface area contributed by atoms with E-state index in [-0.39, 0.29) is 30.3 Å². The fourth-order valence-corrected chi connectivity index (χ4v) is 4.41. The summed E-state index contributed by atoms with van der Waals surface area (Å²) < 4.78 is 0. The second kappa shape index (κ2) is 11.1. The largest absolute Gasteiger partial charge is 0.336 e. The lowest BCUT2D eigenvalue weighted by Gasteiger charge is -2.37. The standard InChI is InChI=1S/C25H28N4O2.ClH/c26-18-22(8-4-7-19-5-2-1-3-6-19)28-13-15-29(16-14-28)25(31)21-9-11-23-20(17-21)10-12-24(30)27-23;/h1-3,5-6,9,11,17,22H,4,7-8,10,12-16H2,(H,27,30);1H. The van der Waals surface area contributed by atoms with Crippen LogP contribution in [0.3, 0.4) is 0 Å². The molecule has 0 radical (unpaired) electrons. The van der Waals surface area contributed by atoms with Gasteiger partial charge in [0.15, 0.2) is 0 Å². The quantitative estimate of drug-likeness (QED) is 0.725. The predicted molar refractivity (Wildman–Crippen MR) is 127 cm³/mol. The van der Waals surface area contributed by atoms with Crippen molar-refractivity contribution in [2.45, 2.75) is 38.1 Å². The number of nitrogens with zero attached hydrogens (tertiary/aromatic N) is 3. The van der Waals surface area contributed by atoms with E-state index in [1.54, 1.807) is 6.07 Å². The maximum Gasteiger partial charge on any atom is 0.253 e. The fraction of sp³-hybridized carbons (Fsp3) is 0.400. The van der Waals surface area contributed by atoms with Gasteiger partial charge in [0.1, 0.15) is 0 Å². The highest BCUT2D eigenvalue weighted by molar-refractivity contribution is 5.98. The van der Waals surface area contributed by atoms with E-state index in [1.807, 2.05) is 35.2 Å². The van der Waals surface area contributed by atoms with Gasteiger partial charge in [0.05, 0.1) is 12.1 Å². The Morgan fingerprint density at radius 3 is 2.53 bits per heavy atom. The molecule has 0 spiro atoms. The van der Waals surface area contributed by atoms with Crippen LogP contribution >= 0.6 is 12.4 Å². The van der Waals surface area contributed by atoms with Gasteiger partial charge in [-0.25, -0.2) is 0 Å². The van der Waals surface area contributed by atoms with Crippen molar-refractivity contribution in [1.29, 1.82) is 5.26 Å². The number of carbonyl (C=O) groups is 2. The van der Waals surface area contributed by atoms with E-state index in [0.717, 1.165) is 43.6 Å². The summed E-state index contributed by atoms with van der Waals surface area (Å²) in [5.74, 6) is 0.0513. The van der Waals surface area contributed by atoms with Gasteiger partial charge in [0.2, 0.25) is 5.91 Å². The lowest BCUT2D eigenvalue weighted by Crippen LogP contribution is -2.51. The highest BCUT2D eigenvalue weighted by atomic mass is 35.5. The van der Waals surface area contributed by atoms with Crippen molar-refractivity contribution in [3.8, 4) is 6.07 Å². The third-order valence-corrected chi connectivity index (χ3v) is 6.22. The summed E-state index contributed by atoms with van der Waals surface area (Å²) in [5, 5.41) is 12.5. The molecule has 2 aliphatic rings. The molecule has 2 aromatic rings. The molecule has 1 N–H and O–H groups in total. The summed E-state index contributed by atoms with van der Waals surface area (Å²) in [6, 6.07) is 18.2. The Kier molecular flexibility index (Phi) is 8.26. The number of benzene rings is 2. The molecule has 2 amide bonds. The molecule has 1 fully saturated rings. The van der Waals surface area contributed by atoms with Crippen LogP contribution < -0.4 is 5.32 Å². The van der Waals surface area contributed by atoms with Gasteiger partial charge in [-0.2, -0.15) is 5.26 Å². The monoisotopic (exact) mass is 452 g/mol. The van der Waals surface area contributed by atoms with Crippen LogP contribution in [0.4, 0.5) is 5.69 Å². The molecule has 0 aliphatic carbocycles. The second-order valence-electron chi connectivity index (χ2n) is 8.27. The lowest BCUT2D eigenvalue weighted by molar-refractivity contribution is -0.116. The molecule has 0 bridgehead atoms. The zero-order chi connectivity index (χ0) is 21.6. The van der Waals surface area contributed by atoms with E-state index in [4.69, 9.17) is 0 Å². The van der Waals surface area contributed by atoms with Crippen LogP contribution in [-0.2, 0) is 17.6 Å². The van der Waals surface area contributed by atoms with Gasteiger partial charge in [0, 0.05) is 43.9 Å². The smallest absolute Gasteiger partial charge is 0.253 e. The van der Waals surface area contributed by atoms with E-state index in [0.29, 0.717) is 31.5 Å². The zero-order valence-corrected chi connectivity index (χ0v) is 18.9. The molecule has 1 atom stereocenters. The summed E-state index contributed by atoms with van der Waals surface area (Å²) in [6.07, 6.45) is 3.94. The molecule has 2 aliphatic heterocycles. The molecule has 7 heteroatoms. The van der Waals surface area contributed by atoms with Crippen LogP contribution in [0.25, 0.3) is 0 Å². The number of hydrogen-bond acceptors (Lipinski definition) is 4. The number of halogens is 1. The minimum absolute atomic E-state index is 0. The van der Waals surface area contributed by atoms with Crippen molar-refractivity contribution in [3.05, 3.63) is 65.2 Å². The molecule has 32 heavy (non-hydrogen) atoms. The summed E-state index contributed by atoms with van der Waals surface area (Å²) in [4.78, 5) is 28.6. The lowest BCUT2D eigenvalue weighted by atomic mass is 9.99. The van der Waals surface area contributed by atoms with Crippen LogP contribution in [0.15, 0.2) is 48.5 Å². The van der Waals surface area contributed by atoms with Crippen molar-refractivity contribution in [3.63, 3.8) is 0 Å². The highest BCUT2D eigenvalue weighted by Gasteiger charge is 2.27. The molecule has 4 rings (SSSR count). The predicted octanol–water partition coefficient (Wildman–Crippen LogP) is 3.67. The molecule has 168 valence electrons. The normalized spacial score (nSPS) is 16.8. The van der Waals surface area contributed by atoms with Gasteiger partial charge >= 0.3 is 0 Å². The first-order valence-electron chi connectivity index (χ1n) is 11.0. The van der Waals surface area contributed by atoms with E-state index >= 15 is 0 Å². The van der Waals surface area contributed by atoms with Crippen LogP contribution in [0.2, 0.25) is 0 Å². The van der Waals surface area contributed by atoms with Crippen molar-refractivity contribution in [2.24, 2.45) is 0 Å². The minimum Gasteiger partial charge on any atom is -0.336 e. The Morgan fingerprint density at radius 2 is 1.81 bits per heavy atom. The van der Waals surface area contributed by atoms with Crippen LogP contribution in [0, 0.1) is 11.3 Å². The number of amides is 2. The zero-order valence-electron chi connectivity index (χ0n) is 18.1. The number of piperazine rings is 1. The third kappa shape index (κ3) is 5.67. The Bertz CT molecular complexity index is 981. The number of rotatable bonds is 6. The van der Waals surface area contributed by atoms with Crippen molar-refractivity contribution < 1.29 is 9.59 Å². The number of aryl methyl sites for hydroxylation is 2. The van der Waals surface area contributed by atoms with Gasteiger partial charge in [-0.15, -0.1) is 12.4 Å². The number of carbonyl (C=O) groups excluding carboxylic acids is 2. The molecule has 2 aromatic carbocycles. The number of fused-ring (bicyclic) bond motifs is 1. The Morgan fingerprint density at radius 1 is 1.06 bits per heavy atom.